The average Bonchev–Trinajstić information content (AvgIpc) is 3.13. The lowest BCUT2D eigenvalue weighted by atomic mass is 10.1. The van der Waals surface area contributed by atoms with Gasteiger partial charge in [0.15, 0.2) is 11.6 Å². The van der Waals surface area contributed by atoms with Gasteiger partial charge in [-0.25, -0.2) is 14.2 Å². The molecule has 0 aliphatic carbocycles. The molecule has 4 aromatic rings. The highest BCUT2D eigenvalue weighted by Crippen LogP contribution is 2.28. The fraction of sp³-hybridized carbons (Fsp3) is 0.136. The molecule has 146 valence electrons. The van der Waals surface area contributed by atoms with Crippen molar-refractivity contribution in [1.29, 1.82) is 0 Å². The second-order valence-electron chi connectivity index (χ2n) is 6.41. The third-order valence-corrected chi connectivity index (χ3v) is 4.49. The molecule has 0 fully saturated rings. The fourth-order valence-corrected chi connectivity index (χ4v) is 3.04. The number of hydrogen-bond acceptors (Lipinski definition) is 6. The molecule has 0 saturated heterocycles. The molecular weight excluding hydrogens is 375 g/mol. The molecule has 6 nitrogen and oxygen atoms in total. The molecular formula is C22H17FN2O4. The second-order valence-corrected chi connectivity index (χ2v) is 6.41. The van der Waals surface area contributed by atoms with E-state index in [9.17, 15) is 9.18 Å². The van der Waals surface area contributed by atoms with Gasteiger partial charge in [0.05, 0.1) is 29.4 Å². The fourth-order valence-electron chi connectivity index (χ4n) is 3.04. The lowest BCUT2D eigenvalue weighted by Gasteiger charge is -2.09. The maximum Gasteiger partial charge on any atom is 0.339 e. The Balaban J connectivity index is 1.66. The average molecular weight is 392 g/mol. The van der Waals surface area contributed by atoms with Crippen LogP contribution in [-0.4, -0.2) is 23.2 Å². The van der Waals surface area contributed by atoms with Crippen LogP contribution < -0.4 is 4.74 Å². The van der Waals surface area contributed by atoms with E-state index in [1.807, 2.05) is 30.3 Å². The topological polar surface area (TPSA) is 74.5 Å². The van der Waals surface area contributed by atoms with Crippen molar-refractivity contribution in [3.8, 4) is 17.0 Å². The van der Waals surface area contributed by atoms with Crippen LogP contribution >= 0.6 is 0 Å². The molecule has 0 bridgehead atoms. The summed E-state index contributed by atoms with van der Waals surface area (Å²) in [7, 11) is 1.39. The first-order chi connectivity index (χ1) is 14.1. The van der Waals surface area contributed by atoms with Gasteiger partial charge in [-0.3, -0.25) is 0 Å². The molecule has 0 aliphatic rings. The summed E-state index contributed by atoms with van der Waals surface area (Å²) in [5, 5.41) is 4.41. The van der Waals surface area contributed by atoms with E-state index in [0.29, 0.717) is 27.9 Å². The molecule has 0 saturated carbocycles. The summed E-state index contributed by atoms with van der Waals surface area (Å²) in [6, 6.07) is 15.5. The Bertz CT molecular complexity index is 1190. The third kappa shape index (κ3) is 3.67. The lowest BCUT2D eigenvalue weighted by molar-refractivity contribution is 0.0474. The molecule has 0 unspecified atom stereocenters. The Kier molecular flexibility index (Phi) is 4.95. The number of ether oxygens (including phenoxy) is 2. The van der Waals surface area contributed by atoms with Crippen molar-refractivity contribution in [3.63, 3.8) is 0 Å². The molecule has 0 amide bonds. The minimum Gasteiger partial charge on any atom is -0.494 e. The number of carbonyl (C=O) groups is 1. The summed E-state index contributed by atoms with van der Waals surface area (Å²) in [6.45, 7) is 1.64. The number of carbonyl (C=O) groups excluding carboxylic acids is 1. The zero-order valence-corrected chi connectivity index (χ0v) is 15.8. The molecule has 2 aromatic heterocycles. The van der Waals surface area contributed by atoms with E-state index in [-0.39, 0.29) is 18.1 Å². The van der Waals surface area contributed by atoms with Crippen LogP contribution in [0.25, 0.3) is 22.4 Å². The van der Waals surface area contributed by atoms with Crippen molar-refractivity contribution < 1.29 is 23.2 Å². The number of halogens is 1. The van der Waals surface area contributed by atoms with Crippen LogP contribution in [0.5, 0.6) is 5.75 Å². The predicted molar refractivity (Wildman–Crippen MR) is 104 cm³/mol. The van der Waals surface area contributed by atoms with E-state index in [1.165, 1.54) is 19.2 Å². The monoisotopic (exact) mass is 392 g/mol. The van der Waals surface area contributed by atoms with Crippen LogP contribution in [0.1, 0.15) is 21.6 Å². The quantitative estimate of drug-likeness (QED) is 0.458. The number of fused-ring (bicyclic) bond motifs is 1. The zero-order valence-electron chi connectivity index (χ0n) is 15.8. The van der Waals surface area contributed by atoms with Gasteiger partial charge in [0.2, 0.25) is 0 Å². The van der Waals surface area contributed by atoms with E-state index in [0.717, 1.165) is 5.56 Å². The Morgan fingerprint density at radius 1 is 1.14 bits per heavy atom. The van der Waals surface area contributed by atoms with Gasteiger partial charge in [0.1, 0.15) is 6.61 Å². The molecule has 0 radical (unpaired) electrons. The largest absolute Gasteiger partial charge is 0.494 e. The highest BCUT2D eigenvalue weighted by Gasteiger charge is 2.20. The number of nitrogens with zero attached hydrogens (tertiary/aromatic N) is 2. The van der Waals surface area contributed by atoms with Crippen molar-refractivity contribution >= 4 is 17.1 Å². The predicted octanol–water partition coefficient (Wildman–Crippen LogP) is 4.70. The summed E-state index contributed by atoms with van der Waals surface area (Å²) < 4.78 is 29.5. The number of esters is 1. The van der Waals surface area contributed by atoms with Crippen molar-refractivity contribution in [3.05, 3.63) is 77.2 Å². The lowest BCUT2D eigenvalue weighted by Crippen LogP contribution is -2.07. The summed E-state index contributed by atoms with van der Waals surface area (Å²) in [5.74, 6) is -0.964. The minimum atomic E-state index is -0.572. The van der Waals surface area contributed by atoms with Gasteiger partial charge >= 0.3 is 5.97 Å². The highest BCUT2D eigenvalue weighted by molar-refractivity contribution is 6.04. The number of benzene rings is 2. The highest BCUT2D eigenvalue weighted by atomic mass is 19.1. The number of aryl methyl sites for hydroxylation is 1. The number of aromatic nitrogens is 2. The normalized spacial score (nSPS) is 10.9. The van der Waals surface area contributed by atoms with E-state index in [1.54, 1.807) is 19.1 Å². The van der Waals surface area contributed by atoms with Crippen LogP contribution in [0.2, 0.25) is 0 Å². The molecule has 0 aliphatic heterocycles. The van der Waals surface area contributed by atoms with E-state index < -0.39 is 11.8 Å². The molecule has 4 rings (SSSR count). The first-order valence-corrected chi connectivity index (χ1v) is 8.89. The van der Waals surface area contributed by atoms with Gasteiger partial charge < -0.3 is 14.0 Å². The van der Waals surface area contributed by atoms with Gasteiger partial charge in [-0.1, -0.05) is 41.6 Å². The molecule has 0 N–H and O–H groups in total. The Morgan fingerprint density at radius 3 is 2.66 bits per heavy atom. The first-order valence-electron chi connectivity index (χ1n) is 8.89. The molecule has 7 heteroatoms. The van der Waals surface area contributed by atoms with E-state index in [2.05, 4.69) is 10.1 Å². The van der Waals surface area contributed by atoms with Gasteiger partial charge in [-0.05, 0) is 30.7 Å². The third-order valence-electron chi connectivity index (χ3n) is 4.49. The smallest absolute Gasteiger partial charge is 0.339 e. The SMILES string of the molecule is COc1ccc(COC(=O)c2cc(-c3ccccc3)nc3onc(C)c23)cc1F. The summed E-state index contributed by atoms with van der Waals surface area (Å²) >= 11 is 0. The van der Waals surface area contributed by atoms with Crippen LogP contribution in [-0.2, 0) is 11.3 Å². The van der Waals surface area contributed by atoms with E-state index >= 15 is 0 Å². The first kappa shape index (κ1) is 18.6. The number of pyridine rings is 1. The van der Waals surface area contributed by atoms with E-state index in [4.69, 9.17) is 14.0 Å². The number of hydrogen-bond donors (Lipinski definition) is 0. The van der Waals surface area contributed by atoms with Crippen LogP contribution in [0.4, 0.5) is 4.39 Å². The molecule has 0 atom stereocenters. The number of rotatable bonds is 5. The summed E-state index contributed by atoms with van der Waals surface area (Å²) in [5.41, 5.74) is 2.99. The zero-order chi connectivity index (χ0) is 20.4. The van der Waals surface area contributed by atoms with Crippen LogP contribution in [0.15, 0.2) is 59.1 Å². The van der Waals surface area contributed by atoms with Crippen molar-refractivity contribution in [1.82, 2.24) is 10.1 Å². The Hall–Kier alpha value is -3.74. The summed E-state index contributed by atoms with van der Waals surface area (Å²) in [4.78, 5) is 17.3. The minimum absolute atomic E-state index is 0.0887. The molecule has 2 heterocycles. The summed E-state index contributed by atoms with van der Waals surface area (Å²) in [6.07, 6.45) is 0. The van der Waals surface area contributed by atoms with Crippen molar-refractivity contribution in [2.75, 3.05) is 7.11 Å². The number of methoxy groups -OCH3 is 1. The van der Waals surface area contributed by atoms with Crippen LogP contribution in [0, 0.1) is 12.7 Å². The van der Waals surface area contributed by atoms with Gasteiger partial charge in [-0.2, -0.15) is 0 Å². The Labute approximate surface area is 165 Å². The van der Waals surface area contributed by atoms with Crippen molar-refractivity contribution in [2.45, 2.75) is 13.5 Å². The molecule has 0 spiro atoms. The standard InChI is InChI=1S/C22H17FN2O4/c1-13-20-16(22(26)28-12-14-8-9-19(27-2)17(23)10-14)11-18(24-21(20)29-25-13)15-6-4-3-5-7-15/h3-11H,12H2,1-2H3. The van der Waals surface area contributed by atoms with Crippen LogP contribution in [0.3, 0.4) is 0 Å². The van der Waals surface area contributed by atoms with Gasteiger partial charge in [-0.15, -0.1) is 0 Å². The molecule has 2 aromatic carbocycles. The maximum atomic E-state index is 13.9. The van der Waals surface area contributed by atoms with Gasteiger partial charge in [0, 0.05) is 5.56 Å². The maximum absolute atomic E-state index is 13.9. The Morgan fingerprint density at radius 2 is 1.93 bits per heavy atom. The van der Waals surface area contributed by atoms with Crippen molar-refractivity contribution in [2.24, 2.45) is 0 Å². The second kappa shape index (κ2) is 7.71. The van der Waals surface area contributed by atoms with Gasteiger partial charge in [0.25, 0.3) is 5.71 Å². The molecule has 29 heavy (non-hydrogen) atoms.